The average molecular weight is 232 g/mol. The normalized spacial score (nSPS) is 25.8. The zero-order valence-electron chi connectivity index (χ0n) is 10.3. The molecule has 1 fully saturated rings. The van der Waals surface area contributed by atoms with Crippen LogP contribution in [0.15, 0.2) is 30.3 Å². The Labute approximate surface area is 103 Å². The van der Waals surface area contributed by atoms with Crippen molar-refractivity contribution in [2.75, 3.05) is 19.6 Å². The van der Waals surface area contributed by atoms with Gasteiger partial charge < -0.3 is 5.73 Å². The largest absolute Gasteiger partial charge is 0.327 e. The Morgan fingerprint density at radius 3 is 2.71 bits per heavy atom. The first-order valence-electron chi connectivity index (χ1n) is 6.21. The van der Waals surface area contributed by atoms with Crippen LogP contribution in [-0.4, -0.2) is 36.4 Å². The van der Waals surface area contributed by atoms with Crippen LogP contribution in [0.25, 0.3) is 0 Å². The Morgan fingerprint density at radius 1 is 1.35 bits per heavy atom. The summed E-state index contributed by atoms with van der Waals surface area (Å²) in [6.07, 6.45) is 1.07. The van der Waals surface area contributed by atoms with Gasteiger partial charge in [-0.3, -0.25) is 9.69 Å². The number of hydrogen-bond acceptors (Lipinski definition) is 3. The molecule has 1 aromatic rings. The minimum absolute atomic E-state index is 0.187. The molecule has 0 radical (unpaired) electrons. The maximum absolute atomic E-state index is 12.0. The van der Waals surface area contributed by atoms with Gasteiger partial charge in [0.05, 0.1) is 6.54 Å². The number of benzene rings is 1. The summed E-state index contributed by atoms with van der Waals surface area (Å²) in [7, 11) is 0. The van der Waals surface area contributed by atoms with Crippen LogP contribution in [0.5, 0.6) is 0 Å². The second-order valence-corrected chi connectivity index (χ2v) is 5.08. The molecule has 2 atom stereocenters. The summed E-state index contributed by atoms with van der Waals surface area (Å²) in [5, 5.41) is 0. The summed E-state index contributed by atoms with van der Waals surface area (Å²) in [4.78, 5) is 14.2. The molecule has 2 N–H and O–H groups in total. The third kappa shape index (κ3) is 3.38. The van der Waals surface area contributed by atoms with Crippen molar-refractivity contribution in [1.82, 2.24) is 4.90 Å². The van der Waals surface area contributed by atoms with Gasteiger partial charge >= 0.3 is 0 Å². The SMILES string of the molecule is C[C@H]1C[C@@H](N)CN(CC(=O)c2ccccc2)C1. The molecule has 92 valence electrons. The van der Waals surface area contributed by atoms with Crippen LogP contribution in [0.4, 0.5) is 0 Å². The lowest BCUT2D eigenvalue weighted by Crippen LogP contribution is -2.47. The van der Waals surface area contributed by atoms with E-state index in [4.69, 9.17) is 5.73 Å². The summed E-state index contributed by atoms with van der Waals surface area (Å²) >= 11 is 0. The van der Waals surface area contributed by atoms with Crippen LogP contribution in [0.2, 0.25) is 0 Å². The van der Waals surface area contributed by atoms with Crippen LogP contribution in [0.1, 0.15) is 23.7 Å². The van der Waals surface area contributed by atoms with Gasteiger partial charge in [-0.1, -0.05) is 37.3 Å². The summed E-state index contributed by atoms with van der Waals surface area (Å²) in [5.74, 6) is 0.772. The molecular weight excluding hydrogens is 212 g/mol. The third-order valence-corrected chi connectivity index (χ3v) is 3.23. The van der Waals surface area contributed by atoms with E-state index in [9.17, 15) is 4.79 Å². The predicted octanol–water partition coefficient (Wildman–Crippen LogP) is 1.54. The molecular formula is C14H20N2O. The number of rotatable bonds is 3. The minimum atomic E-state index is 0.187. The topological polar surface area (TPSA) is 46.3 Å². The number of Topliss-reactive ketones (excluding diaryl/α,β-unsaturated/α-hetero) is 1. The van der Waals surface area contributed by atoms with E-state index in [-0.39, 0.29) is 11.8 Å². The monoisotopic (exact) mass is 232 g/mol. The van der Waals surface area contributed by atoms with Gasteiger partial charge in [-0.15, -0.1) is 0 Å². The van der Waals surface area contributed by atoms with E-state index in [0.29, 0.717) is 12.5 Å². The maximum atomic E-state index is 12.0. The highest BCUT2D eigenvalue weighted by molar-refractivity contribution is 5.97. The second-order valence-electron chi connectivity index (χ2n) is 5.08. The molecule has 0 aromatic heterocycles. The van der Waals surface area contributed by atoms with E-state index in [0.717, 1.165) is 25.1 Å². The fraction of sp³-hybridized carbons (Fsp3) is 0.500. The fourth-order valence-corrected chi connectivity index (χ4v) is 2.56. The number of carbonyl (C=O) groups excluding carboxylic acids is 1. The van der Waals surface area contributed by atoms with Crippen LogP contribution < -0.4 is 5.73 Å². The first-order valence-corrected chi connectivity index (χ1v) is 6.21. The lowest BCUT2D eigenvalue weighted by atomic mass is 9.96. The van der Waals surface area contributed by atoms with Gasteiger partial charge in [0, 0.05) is 24.7 Å². The second kappa shape index (κ2) is 5.43. The molecule has 0 amide bonds. The van der Waals surface area contributed by atoms with Crippen molar-refractivity contribution in [3.63, 3.8) is 0 Å². The van der Waals surface area contributed by atoms with E-state index in [1.165, 1.54) is 0 Å². The van der Waals surface area contributed by atoms with E-state index in [1.54, 1.807) is 0 Å². The van der Waals surface area contributed by atoms with Crippen LogP contribution in [-0.2, 0) is 0 Å². The Bertz CT molecular complexity index is 367. The quantitative estimate of drug-likeness (QED) is 0.804. The third-order valence-electron chi connectivity index (χ3n) is 3.23. The molecule has 0 spiro atoms. The van der Waals surface area contributed by atoms with Crippen LogP contribution in [0, 0.1) is 5.92 Å². The summed E-state index contributed by atoms with van der Waals surface area (Å²) < 4.78 is 0. The first kappa shape index (κ1) is 12.3. The minimum Gasteiger partial charge on any atom is -0.327 e. The van der Waals surface area contributed by atoms with Gasteiger partial charge in [0.2, 0.25) is 0 Å². The standard InChI is InChI=1S/C14H20N2O/c1-11-7-13(15)9-16(8-11)10-14(17)12-5-3-2-4-6-12/h2-6,11,13H,7-10,15H2,1H3/t11-,13+/m0/s1. The number of ketones is 1. The number of piperidine rings is 1. The highest BCUT2D eigenvalue weighted by atomic mass is 16.1. The average Bonchev–Trinajstić information content (AvgIpc) is 2.28. The molecule has 0 bridgehead atoms. The van der Waals surface area contributed by atoms with Gasteiger partial charge in [0.1, 0.15) is 0 Å². The summed E-state index contributed by atoms with van der Waals surface area (Å²) in [6, 6.07) is 9.68. The fourth-order valence-electron chi connectivity index (χ4n) is 2.56. The molecule has 1 aliphatic heterocycles. The lowest BCUT2D eigenvalue weighted by Gasteiger charge is -2.34. The first-order chi connectivity index (χ1) is 8.15. The molecule has 0 saturated carbocycles. The number of nitrogens with zero attached hydrogens (tertiary/aromatic N) is 1. The van der Waals surface area contributed by atoms with Crippen molar-refractivity contribution in [2.24, 2.45) is 11.7 Å². The summed E-state index contributed by atoms with van der Waals surface area (Å²) in [6.45, 7) is 4.50. The molecule has 1 saturated heterocycles. The zero-order chi connectivity index (χ0) is 12.3. The van der Waals surface area contributed by atoms with Crippen molar-refractivity contribution >= 4 is 5.78 Å². The van der Waals surface area contributed by atoms with Crippen LogP contribution in [0.3, 0.4) is 0 Å². The molecule has 3 nitrogen and oxygen atoms in total. The van der Waals surface area contributed by atoms with E-state index < -0.39 is 0 Å². The molecule has 0 aliphatic carbocycles. The molecule has 1 aliphatic rings. The Balaban J connectivity index is 1.95. The number of likely N-dealkylation sites (tertiary alicyclic amines) is 1. The predicted molar refractivity (Wildman–Crippen MR) is 69.0 cm³/mol. The zero-order valence-corrected chi connectivity index (χ0v) is 10.3. The van der Waals surface area contributed by atoms with E-state index in [2.05, 4.69) is 11.8 Å². The number of nitrogens with two attached hydrogens (primary N) is 1. The van der Waals surface area contributed by atoms with E-state index >= 15 is 0 Å². The highest BCUT2D eigenvalue weighted by Gasteiger charge is 2.23. The van der Waals surface area contributed by atoms with Gasteiger partial charge in [-0.05, 0) is 12.3 Å². The Kier molecular flexibility index (Phi) is 3.92. The lowest BCUT2D eigenvalue weighted by molar-refractivity contribution is 0.0879. The smallest absolute Gasteiger partial charge is 0.176 e. The molecule has 0 unspecified atom stereocenters. The van der Waals surface area contributed by atoms with E-state index in [1.807, 2.05) is 30.3 Å². The Hall–Kier alpha value is -1.19. The highest BCUT2D eigenvalue weighted by Crippen LogP contribution is 2.15. The maximum Gasteiger partial charge on any atom is 0.176 e. The van der Waals surface area contributed by atoms with Crippen molar-refractivity contribution in [3.05, 3.63) is 35.9 Å². The molecule has 2 rings (SSSR count). The molecule has 17 heavy (non-hydrogen) atoms. The number of hydrogen-bond donors (Lipinski definition) is 1. The summed E-state index contributed by atoms with van der Waals surface area (Å²) in [5.41, 5.74) is 6.77. The van der Waals surface area contributed by atoms with Gasteiger partial charge in [0.15, 0.2) is 5.78 Å². The van der Waals surface area contributed by atoms with Crippen LogP contribution >= 0.6 is 0 Å². The molecule has 3 heteroatoms. The van der Waals surface area contributed by atoms with Crippen molar-refractivity contribution < 1.29 is 4.79 Å². The molecule has 1 aromatic carbocycles. The van der Waals surface area contributed by atoms with Gasteiger partial charge in [-0.25, -0.2) is 0 Å². The Morgan fingerprint density at radius 2 is 2.06 bits per heavy atom. The van der Waals surface area contributed by atoms with Gasteiger partial charge in [0.25, 0.3) is 0 Å². The van der Waals surface area contributed by atoms with Crippen molar-refractivity contribution in [1.29, 1.82) is 0 Å². The number of carbonyl (C=O) groups is 1. The van der Waals surface area contributed by atoms with Crippen molar-refractivity contribution in [2.45, 2.75) is 19.4 Å². The van der Waals surface area contributed by atoms with Gasteiger partial charge in [-0.2, -0.15) is 0 Å². The van der Waals surface area contributed by atoms with Crippen molar-refractivity contribution in [3.8, 4) is 0 Å². The molecule has 1 heterocycles.